The lowest BCUT2D eigenvalue weighted by atomic mass is 10.1. The number of furan rings is 1. The van der Waals surface area contributed by atoms with Gasteiger partial charge in [0.05, 0.1) is 17.9 Å². The molecule has 1 saturated heterocycles. The average Bonchev–Trinajstić information content (AvgIpc) is 3.26. The summed E-state index contributed by atoms with van der Waals surface area (Å²) in [5.74, 6) is 0.497. The molecule has 0 spiro atoms. The molecule has 2 rings (SSSR count). The Morgan fingerprint density at radius 2 is 2.20 bits per heavy atom. The van der Waals surface area contributed by atoms with E-state index in [0.717, 1.165) is 38.7 Å². The van der Waals surface area contributed by atoms with Gasteiger partial charge in [-0.2, -0.15) is 0 Å². The van der Waals surface area contributed by atoms with E-state index in [9.17, 15) is 9.59 Å². The van der Waals surface area contributed by atoms with Crippen molar-refractivity contribution in [3.8, 4) is 0 Å². The summed E-state index contributed by atoms with van der Waals surface area (Å²) in [6.45, 7) is 6.27. The second-order valence-electron chi connectivity index (χ2n) is 6.58. The van der Waals surface area contributed by atoms with Gasteiger partial charge in [0.25, 0.3) is 5.91 Å². The number of carbonyl (C=O) groups excluding carboxylic acids is 2. The van der Waals surface area contributed by atoms with Crippen LogP contribution in [0.1, 0.15) is 61.6 Å². The van der Waals surface area contributed by atoms with E-state index in [1.165, 1.54) is 6.26 Å². The van der Waals surface area contributed by atoms with E-state index in [2.05, 4.69) is 12.2 Å². The maximum Gasteiger partial charge on any atom is 0.257 e. The highest BCUT2D eigenvalue weighted by Crippen LogP contribution is 2.17. The molecule has 0 bridgehead atoms. The first-order chi connectivity index (χ1) is 12.1. The summed E-state index contributed by atoms with van der Waals surface area (Å²) in [7, 11) is 0. The monoisotopic (exact) mass is 350 g/mol. The van der Waals surface area contributed by atoms with Gasteiger partial charge in [0, 0.05) is 32.7 Å². The minimum absolute atomic E-state index is 0.00911. The van der Waals surface area contributed by atoms with Crippen molar-refractivity contribution >= 4 is 11.8 Å². The van der Waals surface area contributed by atoms with Gasteiger partial charge >= 0.3 is 0 Å². The van der Waals surface area contributed by atoms with Gasteiger partial charge in [0.15, 0.2) is 0 Å². The van der Waals surface area contributed by atoms with Crippen LogP contribution in [0.2, 0.25) is 0 Å². The molecule has 1 aliphatic rings. The van der Waals surface area contributed by atoms with Crippen molar-refractivity contribution in [2.75, 3.05) is 26.2 Å². The van der Waals surface area contributed by atoms with Crippen molar-refractivity contribution in [2.45, 2.75) is 58.5 Å². The number of amides is 2. The van der Waals surface area contributed by atoms with Gasteiger partial charge < -0.3 is 19.4 Å². The van der Waals surface area contributed by atoms with E-state index < -0.39 is 0 Å². The largest absolute Gasteiger partial charge is 0.469 e. The topological polar surface area (TPSA) is 71.8 Å². The van der Waals surface area contributed by atoms with Crippen LogP contribution >= 0.6 is 0 Å². The minimum atomic E-state index is -0.0967. The standard InChI is InChI=1S/C19H30N2O4/c1-3-4-5-10-20-18(22)8-11-21(14-16-7-6-12-25-16)19(23)17-9-13-24-15(17)2/h9,13,16H,3-8,10-12,14H2,1-2H3,(H,20,22)/t16-/m0/s1. The van der Waals surface area contributed by atoms with Crippen LogP contribution in [0.5, 0.6) is 0 Å². The molecule has 1 aromatic rings. The third kappa shape index (κ3) is 6.20. The number of hydrogen-bond donors (Lipinski definition) is 1. The summed E-state index contributed by atoms with van der Waals surface area (Å²) in [6, 6.07) is 1.69. The summed E-state index contributed by atoms with van der Waals surface area (Å²) in [4.78, 5) is 26.6. The average molecular weight is 350 g/mol. The molecule has 25 heavy (non-hydrogen) atoms. The summed E-state index contributed by atoms with van der Waals surface area (Å²) in [5.41, 5.74) is 0.557. The van der Waals surface area contributed by atoms with Crippen LogP contribution in [0.4, 0.5) is 0 Å². The molecule has 1 aliphatic heterocycles. The Labute approximate surface area is 149 Å². The predicted octanol–water partition coefficient (Wildman–Crippen LogP) is 2.91. The van der Waals surface area contributed by atoms with Gasteiger partial charge in [-0.1, -0.05) is 19.8 Å². The lowest BCUT2D eigenvalue weighted by Gasteiger charge is -2.25. The quantitative estimate of drug-likeness (QED) is 0.659. The van der Waals surface area contributed by atoms with E-state index in [1.807, 2.05) is 0 Å². The van der Waals surface area contributed by atoms with Crippen LogP contribution < -0.4 is 5.32 Å². The van der Waals surface area contributed by atoms with E-state index >= 15 is 0 Å². The molecule has 0 saturated carbocycles. The molecule has 1 atom stereocenters. The van der Waals surface area contributed by atoms with E-state index in [4.69, 9.17) is 9.15 Å². The second kappa shape index (κ2) is 10.2. The molecular formula is C19H30N2O4. The third-order valence-electron chi connectivity index (χ3n) is 4.54. The SMILES string of the molecule is CCCCCNC(=O)CCN(C[C@@H]1CCCO1)C(=O)c1ccoc1C. The second-order valence-corrected chi connectivity index (χ2v) is 6.58. The molecule has 2 amide bonds. The molecule has 0 radical (unpaired) electrons. The van der Waals surface area contributed by atoms with E-state index in [0.29, 0.717) is 37.4 Å². The number of unbranched alkanes of at least 4 members (excludes halogenated alkanes) is 2. The molecule has 140 valence electrons. The van der Waals surface area contributed by atoms with Gasteiger partial charge in [-0.25, -0.2) is 0 Å². The van der Waals surface area contributed by atoms with Crippen LogP contribution in [0.25, 0.3) is 0 Å². The summed E-state index contributed by atoms with van der Waals surface area (Å²) < 4.78 is 10.9. The van der Waals surface area contributed by atoms with Gasteiger partial charge in [0.2, 0.25) is 5.91 Å². The maximum absolute atomic E-state index is 12.8. The highest BCUT2D eigenvalue weighted by molar-refractivity contribution is 5.95. The molecule has 0 aliphatic carbocycles. The number of carbonyl (C=O) groups is 2. The third-order valence-corrected chi connectivity index (χ3v) is 4.54. The fraction of sp³-hybridized carbons (Fsp3) is 0.684. The summed E-state index contributed by atoms with van der Waals surface area (Å²) in [6.07, 6.45) is 7.10. The minimum Gasteiger partial charge on any atom is -0.469 e. The zero-order valence-corrected chi connectivity index (χ0v) is 15.4. The van der Waals surface area contributed by atoms with Crippen LogP contribution in [-0.2, 0) is 9.53 Å². The Morgan fingerprint density at radius 1 is 1.36 bits per heavy atom. The van der Waals surface area contributed by atoms with Crippen molar-refractivity contribution in [2.24, 2.45) is 0 Å². The number of nitrogens with one attached hydrogen (secondary N) is 1. The molecule has 6 nitrogen and oxygen atoms in total. The van der Waals surface area contributed by atoms with Gasteiger partial charge in [-0.05, 0) is 32.3 Å². The smallest absolute Gasteiger partial charge is 0.257 e. The van der Waals surface area contributed by atoms with Crippen LogP contribution in [0.3, 0.4) is 0 Å². The van der Waals surface area contributed by atoms with Gasteiger partial charge in [0.1, 0.15) is 5.76 Å². The molecule has 0 unspecified atom stereocenters. The summed E-state index contributed by atoms with van der Waals surface area (Å²) >= 11 is 0. The van der Waals surface area contributed by atoms with Crippen molar-refractivity contribution in [3.05, 3.63) is 23.7 Å². The molecule has 2 heterocycles. The fourth-order valence-electron chi connectivity index (χ4n) is 3.01. The van der Waals surface area contributed by atoms with Gasteiger partial charge in [-0.3, -0.25) is 9.59 Å². The summed E-state index contributed by atoms with van der Waals surface area (Å²) in [5, 5.41) is 2.92. The number of rotatable bonds is 10. The zero-order chi connectivity index (χ0) is 18.1. The molecule has 1 N–H and O–H groups in total. The molecule has 1 fully saturated rings. The first kappa shape index (κ1) is 19.5. The zero-order valence-electron chi connectivity index (χ0n) is 15.4. The van der Waals surface area contributed by atoms with E-state index in [1.54, 1.807) is 17.9 Å². The molecule has 0 aromatic carbocycles. The molecule has 1 aromatic heterocycles. The number of hydrogen-bond acceptors (Lipinski definition) is 4. The fourth-order valence-corrected chi connectivity index (χ4v) is 3.01. The van der Waals surface area contributed by atoms with Crippen LogP contribution in [0, 0.1) is 6.92 Å². The Kier molecular flexibility index (Phi) is 7.98. The predicted molar refractivity (Wildman–Crippen MR) is 95.5 cm³/mol. The lowest BCUT2D eigenvalue weighted by Crippen LogP contribution is -2.40. The maximum atomic E-state index is 12.8. The van der Waals surface area contributed by atoms with E-state index in [-0.39, 0.29) is 17.9 Å². The highest BCUT2D eigenvalue weighted by Gasteiger charge is 2.25. The Hall–Kier alpha value is -1.82. The first-order valence-electron chi connectivity index (χ1n) is 9.33. The Bertz CT molecular complexity index is 549. The first-order valence-corrected chi connectivity index (χ1v) is 9.33. The van der Waals surface area contributed by atoms with Crippen LogP contribution in [0.15, 0.2) is 16.7 Å². The molecule has 6 heteroatoms. The number of aryl methyl sites for hydroxylation is 1. The van der Waals surface area contributed by atoms with Crippen molar-refractivity contribution in [1.82, 2.24) is 10.2 Å². The van der Waals surface area contributed by atoms with Crippen molar-refractivity contribution in [3.63, 3.8) is 0 Å². The lowest BCUT2D eigenvalue weighted by molar-refractivity contribution is -0.121. The normalized spacial score (nSPS) is 16.8. The van der Waals surface area contributed by atoms with Crippen LogP contribution in [-0.4, -0.2) is 49.1 Å². The van der Waals surface area contributed by atoms with Gasteiger partial charge in [-0.15, -0.1) is 0 Å². The van der Waals surface area contributed by atoms with Crippen molar-refractivity contribution in [1.29, 1.82) is 0 Å². The number of ether oxygens (including phenoxy) is 1. The Balaban J connectivity index is 1.89. The Morgan fingerprint density at radius 3 is 2.84 bits per heavy atom. The number of nitrogens with zero attached hydrogens (tertiary/aromatic N) is 1. The molecular weight excluding hydrogens is 320 g/mol. The van der Waals surface area contributed by atoms with Crippen molar-refractivity contribution < 1.29 is 18.7 Å². The highest BCUT2D eigenvalue weighted by atomic mass is 16.5.